The van der Waals surface area contributed by atoms with Crippen molar-refractivity contribution in [2.75, 3.05) is 32.0 Å². The number of urea groups is 1. The summed E-state index contributed by atoms with van der Waals surface area (Å²) < 4.78 is 0. The van der Waals surface area contributed by atoms with Crippen molar-refractivity contribution in [2.24, 2.45) is 11.7 Å². The number of aliphatic carboxylic acids is 1. The average molecular weight is 817 g/mol. The molecule has 2 fully saturated rings. The number of rotatable bonds is 26. The second-order valence-electron chi connectivity index (χ2n) is 13.2. The van der Waals surface area contributed by atoms with E-state index in [1.54, 1.807) is 0 Å². The first-order chi connectivity index (χ1) is 26.5. The zero-order chi connectivity index (χ0) is 41.8. The van der Waals surface area contributed by atoms with Crippen LogP contribution in [0.15, 0.2) is 0 Å². The number of thioether (sulfide) groups is 1. The standard InChI is InChI=1S/C32H52N10O13S/c1-16(37-31(53)19(14-43)39-30(52)17(11-26(48)49)10-23(45)42-55)29(51)36-12-24(46)35-13-25(47)38-18(28(33)50)6-4-5-9-34-22(44)8-3-2-7-21-27-20(15-56-21)40-32(54)41-27/h16-21,27,43,55H,2-15H2,1H3,(H2,33,50)(H,34,44)(H,35,46)(H,36,51)(H,37,53)(H,38,47)(H,39,52)(H,42,45)(H,48,49)(H2,40,41,54)/t16-,17?,18-,19-,20-,21-,27-/m0/s1. The van der Waals surface area contributed by atoms with Crippen molar-refractivity contribution in [1.82, 2.24) is 48.0 Å². The number of carboxylic acids is 1. The van der Waals surface area contributed by atoms with E-state index in [0.717, 1.165) is 18.6 Å². The summed E-state index contributed by atoms with van der Waals surface area (Å²) in [5, 5.41) is 47.4. The highest BCUT2D eigenvalue weighted by molar-refractivity contribution is 8.00. The van der Waals surface area contributed by atoms with E-state index < -0.39 is 104 Å². The lowest BCUT2D eigenvalue weighted by atomic mass is 9.99. The van der Waals surface area contributed by atoms with Gasteiger partial charge in [-0.1, -0.05) is 6.42 Å². The third-order valence-electron chi connectivity index (χ3n) is 8.79. The Labute approximate surface area is 325 Å². The van der Waals surface area contributed by atoms with Gasteiger partial charge in [-0.25, -0.2) is 10.3 Å². The van der Waals surface area contributed by atoms with Crippen molar-refractivity contribution in [3.05, 3.63) is 0 Å². The largest absolute Gasteiger partial charge is 0.481 e. The fourth-order valence-electron chi connectivity index (χ4n) is 5.76. The molecule has 7 atom stereocenters. The number of hydrogen-bond acceptors (Lipinski definition) is 13. The first-order valence-electron chi connectivity index (χ1n) is 18.0. The van der Waals surface area contributed by atoms with Crippen LogP contribution in [0.5, 0.6) is 0 Å². The normalized spacial score (nSPS) is 19.0. The second-order valence-corrected chi connectivity index (χ2v) is 14.5. The smallest absolute Gasteiger partial charge is 0.315 e. The number of hydroxylamine groups is 1. The number of carbonyl (C=O) groups is 10. The minimum absolute atomic E-state index is 0.0983. The van der Waals surface area contributed by atoms with Gasteiger partial charge in [-0.3, -0.25) is 48.4 Å². The number of unbranched alkanes of at least 4 members (excludes halogenated alkanes) is 2. The molecule has 14 N–H and O–H groups in total. The van der Waals surface area contributed by atoms with E-state index >= 15 is 0 Å². The fourth-order valence-corrected chi connectivity index (χ4v) is 7.30. The van der Waals surface area contributed by atoms with E-state index in [1.807, 2.05) is 11.8 Å². The van der Waals surface area contributed by atoms with Crippen LogP contribution in [-0.4, -0.2) is 142 Å². The molecule has 10 amide bonds. The zero-order valence-electron chi connectivity index (χ0n) is 30.9. The molecule has 0 spiro atoms. The van der Waals surface area contributed by atoms with Crippen molar-refractivity contribution < 1.29 is 63.4 Å². The Morgan fingerprint density at radius 1 is 0.804 bits per heavy atom. The van der Waals surface area contributed by atoms with E-state index in [2.05, 4.69) is 42.5 Å². The lowest BCUT2D eigenvalue weighted by Gasteiger charge is -2.21. The molecule has 2 rings (SSSR count). The Hall–Kier alpha value is -5.23. The van der Waals surface area contributed by atoms with Crippen LogP contribution in [0, 0.1) is 5.92 Å². The van der Waals surface area contributed by atoms with Crippen LogP contribution < -0.4 is 53.7 Å². The predicted octanol–water partition coefficient (Wildman–Crippen LogP) is -4.83. The SMILES string of the molecule is C[C@H](NC(=O)[C@H](CO)NC(=O)C(CC(=O)O)CC(=O)NO)C(=O)NCC(=O)NCC(=O)N[C@@H](CCCCNC(=O)CCCC[C@@H]1SC[C@@H]2NC(=O)N[C@@H]21)C(N)=O. The third-order valence-corrected chi connectivity index (χ3v) is 10.3. The number of carboxylic acid groups (broad SMARTS) is 1. The Kier molecular flexibility index (Phi) is 20.4. The Morgan fingerprint density at radius 3 is 2.18 bits per heavy atom. The van der Waals surface area contributed by atoms with Gasteiger partial charge >= 0.3 is 12.0 Å². The van der Waals surface area contributed by atoms with Gasteiger partial charge < -0.3 is 58.5 Å². The van der Waals surface area contributed by atoms with Crippen LogP contribution in [0.3, 0.4) is 0 Å². The summed E-state index contributed by atoms with van der Waals surface area (Å²) in [4.78, 5) is 120. The molecule has 314 valence electrons. The van der Waals surface area contributed by atoms with E-state index in [1.165, 1.54) is 12.4 Å². The van der Waals surface area contributed by atoms with E-state index in [9.17, 15) is 53.1 Å². The number of nitrogens with one attached hydrogen (secondary N) is 9. The molecule has 56 heavy (non-hydrogen) atoms. The number of carbonyl (C=O) groups excluding carboxylic acids is 9. The van der Waals surface area contributed by atoms with Crippen LogP contribution >= 0.6 is 11.8 Å². The van der Waals surface area contributed by atoms with Crippen LogP contribution in [0.25, 0.3) is 0 Å². The zero-order valence-corrected chi connectivity index (χ0v) is 31.7. The van der Waals surface area contributed by atoms with Gasteiger partial charge in [0, 0.05) is 30.4 Å². The summed E-state index contributed by atoms with van der Waals surface area (Å²) >= 11 is 1.82. The summed E-state index contributed by atoms with van der Waals surface area (Å²) in [7, 11) is 0. The van der Waals surface area contributed by atoms with E-state index in [0.29, 0.717) is 37.5 Å². The van der Waals surface area contributed by atoms with Crippen molar-refractivity contribution in [2.45, 2.75) is 100 Å². The monoisotopic (exact) mass is 816 g/mol. The number of fused-ring (bicyclic) bond motifs is 1. The van der Waals surface area contributed by atoms with Gasteiger partial charge in [-0.2, -0.15) is 11.8 Å². The number of hydrogen-bond donors (Lipinski definition) is 13. The predicted molar refractivity (Wildman–Crippen MR) is 195 cm³/mol. The quantitative estimate of drug-likeness (QED) is 0.0169. The van der Waals surface area contributed by atoms with Gasteiger partial charge in [0.15, 0.2) is 0 Å². The number of amides is 10. The summed E-state index contributed by atoms with van der Waals surface area (Å²) in [6, 6.07) is -3.84. The van der Waals surface area contributed by atoms with Gasteiger partial charge in [0.05, 0.1) is 44.1 Å². The molecule has 0 bridgehead atoms. The van der Waals surface area contributed by atoms with Gasteiger partial charge in [0.2, 0.25) is 47.3 Å². The van der Waals surface area contributed by atoms with Gasteiger partial charge in [-0.05, 0) is 39.0 Å². The van der Waals surface area contributed by atoms with E-state index in [-0.39, 0.29) is 30.4 Å². The highest BCUT2D eigenvalue weighted by atomic mass is 32.2. The molecule has 0 aliphatic carbocycles. The van der Waals surface area contributed by atoms with Crippen LogP contribution in [0.2, 0.25) is 0 Å². The minimum Gasteiger partial charge on any atom is -0.481 e. The number of aliphatic hydroxyl groups excluding tert-OH is 1. The van der Waals surface area contributed by atoms with Crippen molar-refractivity contribution >= 4 is 71.0 Å². The fraction of sp³-hybridized carbons (Fsp3) is 0.688. The minimum atomic E-state index is -1.66. The summed E-state index contributed by atoms with van der Waals surface area (Å²) in [5.74, 6) is -8.60. The molecule has 1 unspecified atom stereocenters. The Bertz CT molecular complexity index is 1450. The molecule has 2 aliphatic rings. The second kappa shape index (κ2) is 24.3. The molecule has 2 saturated heterocycles. The number of primary amides is 1. The molecule has 0 radical (unpaired) electrons. The maximum atomic E-state index is 12.5. The topological polar surface area (TPSA) is 366 Å². The van der Waals surface area contributed by atoms with Crippen molar-refractivity contribution in [1.29, 1.82) is 0 Å². The van der Waals surface area contributed by atoms with Crippen LogP contribution in [-0.2, 0) is 43.2 Å². The van der Waals surface area contributed by atoms with Crippen molar-refractivity contribution in [3.8, 4) is 0 Å². The average Bonchev–Trinajstić information content (AvgIpc) is 3.70. The summed E-state index contributed by atoms with van der Waals surface area (Å²) in [6.07, 6.45) is 2.41. The maximum Gasteiger partial charge on any atom is 0.315 e. The molecule has 0 aromatic heterocycles. The number of nitrogens with two attached hydrogens (primary N) is 1. The van der Waals surface area contributed by atoms with Crippen molar-refractivity contribution in [3.63, 3.8) is 0 Å². The molecule has 24 heteroatoms. The van der Waals surface area contributed by atoms with Gasteiger partial charge in [-0.15, -0.1) is 0 Å². The van der Waals surface area contributed by atoms with E-state index in [4.69, 9.17) is 16.0 Å². The summed E-state index contributed by atoms with van der Waals surface area (Å²) in [5.41, 5.74) is 6.66. The van der Waals surface area contributed by atoms with Crippen LogP contribution in [0.4, 0.5) is 4.79 Å². The highest BCUT2D eigenvalue weighted by Crippen LogP contribution is 2.33. The Balaban J connectivity index is 1.62. The maximum absolute atomic E-state index is 12.5. The third kappa shape index (κ3) is 17.1. The molecule has 0 saturated carbocycles. The molecular formula is C32H52N10O13S. The molecule has 2 aliphatic heterocycles. The molecule has 0 aromatic rings. The lowest BCUT2D eigenvalue weighted by Crippen LogP contribution is -2.55. The molecule has 2 heterocycles. The van der Waals surface area contributed by atoms with Crippen LogP contribution in [0.1, 0.15) is 64.7 Å². The number of aliphatic hydroxyl groups is 1. The highest BCUT2D eigenvalue weighted by Gasteiger charge is 2.42. The lowest BCUT2D eigenvalue weighted by molar-refractivity contribution is -0.143. The first kappa shape index (κ1) is 46.9. The van der Waals surface area contributed by atoms with Gasteiger partial charge in [0.1, 0.15) is 18.1 Å². The first-order valence-corrected chi connectivity index (χ1v) is 19.0. The molecular weight excluding hydrogens is 764 g/mol. The molecule has 0 aromatic carbocycles. The molecule has 23 nitrogen and oxygen atoms in total. The summed E-state index contributed by atoms with van der Waals surface area (Å²) in [6.45, 7) is -0.576. The Morgan fingerprint density at radius 2 is 1.52 bits per heavy atom. The van der Waals surface area contributed by atoms with Gasteiger partial charge in [0.25, 0.3) is 0 Å².